The Labute approximate surface area is 114 Å². The summed E-state index contributed by atoms with van der Waals surface area (Å²) in [5, 5.41) is 0. The number of esters is 2. The zero-order chi connectivity index (χ0) is 16.0. The van der Waals surface area contributed by atoms with Crippen LogP contribution in [0.1, 0.15) is 33.6 Å². The number of alkyl halides is 4. The molecule has 0 rings (SSSR count). The highest BCUT2D eigenvalue weighted by atomic mass is 19.3. The third-order valence-corrected chi connectivity index (χ3v) is 2.62. The van der Waals surface area contributed by atoms with Crippen LogP contribution in [0.25, 0.3) is 0 Å². The maximum absolute atomic E-state index is 12.8. The van der Waals surface area contributed by atoms with E-state index in [1.54, 1.807) is 13.8 Å². The Bertz CT molecular complexity index is 339. The standard InChI is InChI=1S/C12H18F4O4/c1-4-8(2)10(18)19-6-5-9(17)20-7-12(15,16)11(3,13)14/h8H,4-7H2,1-3H3. The molecule has 0 N–H and O–H groups in total. The molecule has 0 amide bonds. The summed E-state index contributed by atoms with van der Waals surface area (Å²) in [5.41, 5.74) is 0. The molecular weight excluding hydrogens is 284 g/mol. The Hall–Kier alpha value is -1.34. The molecule has 0 fully saturated rings. The Morgan fingerprint density at radius 3 is 2.15 bits per heavy atom. The molecule has 4 nitrogen and oxygen atoms in total. The average Bonchev–Trinajstić information content (AvgIpc) is 2.33. The van der Waals surface area contributed by atoms with Crippen molar-refractivity contribution in [1.82, 2.24) is 0 Å². The Morgan fingerprint density at radius 2 is 1.70 bits per heavy atom. The summed E-state index contributed by atoms with van der Waals surface area (Å²) in [4.78, 5) is 22.3. The summed E-state index contributed by atoms with van der Waals surface area (Å²) >= 11 is 0. The highest BCUT2D eigenvalue weighted by Gasteiger charge is 2.53. The van der Waals surface area contributed by atoms with Crippen LogP contribution in [0.15, 0.2) is 0 Å². The van der Waals surface area contributed by atoms with Crippen LogP contribution in [-0.2, 0) is 19.1 Å². The highest BCUT2D eigenvalue weighted by Crippen LogP contribution is 2.33. The van der Waals surface area contributed by atoms with Crippen LogP contribution in [0.4, 0.5) is 17.6 Å². The molecule has 0 aliphatic rings. The third-order valence-electron chi connectivity index (χ3n) is 2.62. The molecular formula is C12H18F4O4. The van der Waals surface area contributed by atoms with Crippen molar-refractivity contribution in [2.45, 2.75) is 45.5 Å². The minimum atomic E-state index is -4.43. The van der Waals surface area contributed by atoms with Crippen molar-refractivity contribution in [3.63, 3.8) is 0 Å². The predicted molar refractivity (Wildman–Crippen MR) is 61.6 cm³/mol. The number of hydrogen-bond acceptors (Lipinski definition) is 4. The molecule has 0 aliphatic heterocycles. The third kappa shape index (κ3) is 6.21. The average molecular weight is 302 g/mol. The fourth-order valence-corrected chi connectivity index (χ4v) is 0.914. The molecule has 0 heterocycles. The minimum absolute atomic E-state index is 0.0365. The van der Waals surface area contributed by atoms with Gasteiger partial charge in [0.15, 0.2) is 6.61 Å². The second-order valence-corrected chi connectivity index (χ2v) is 4.48. The molecule has 0 saturated carbocycles. The van der Waals surface area contributed by atoms with Crippen LogP contribution in [0.2, 0.25) is 0 Å². The highest BCUT2D eigenvalue weighted by molar-refractivity contribution is 5.73. The Kier molecular flexibility index (Phi) is 6.95. The van der Waals surface area contributed by atoms with Gasteiger partial charge < -0.3 is 9.47 Å². The maximum atomic E-state index is 12.8. The smallest absolute Gasteiger partial charge is 0.343 e. The molecule has 0 bridgehead atoms. The van der Waals surface area contributed by atoms with Gasteiger partial charge in [-0.15, -0.1) is 0 Å². The van der Waals surface area contributed by atoms with Gasteiger partial charge in [-0.2, -0.15) is 8.78 Å². The van der Waals surface area contributed by atoms with E-state index in [4.69, 9.17) is 0 Å². The molecule has 1 unspecified atom stereocenters. The monoisotopic (exact) mass is 302 g/mol. The SMILES string of the molecule is CCC(C)C(=O)OCCC(=O)OCC(F)(F)C(C)(F)F. The van der Waals surface area contributed by atoms with E-state index in [0.29, 0.717) is 6.42 Å². The van der Waals surface area contributed by atoms with Crippen molar-refractivity contribution < 1.29 is 36.6 Å². The normalized spacial score (nSPS) is 13.8. The van der Waals surface area contributed by atoms with Crippen LogP contribution in [-0.4, -0.2) is 37.0 Å². The first kappa shape index (κ1) is 18.7. The first-order valence-electron chi connectivity index (χ1n) is 6.09. The topological polar surface area (TPSA) is 52.6 Å². The second-order valence-electron chi connectivity index (χ2n) is 4.48. The molecule has 1 atom stereocenters. The van der Waals surface area contributed by atoms with Gasteiger partial charge in [0.25, 0.3) is 0 Å². The summed E-state index contributed by atoms with van der Waals surface area (Å²) in [5.74, 6) is -10.7. The fourth-order valence-electron chi connectivity index (χ4n) is 0.914. The first-order chi connectivity index (χ1) is 9.01. The van der Waals surface area contributed by atoms with Gasteiger partial charge in [-0.05, 0) is 6.42 Å². The quantitative estimate of drug-likeness (QED) is 0.511. The summed E-state index contributed by atoms with van der Waals surface area (Å²) in [6.07, 6.45) is 0.0919. The second kappa shape index (κ2) is 7.44. The van der Waals surface area contributed by atoms with E-state index in [2.05, 4.69) is 9.47 Å². The van der Waals surface area contributed by atoms with Gasteiger partial charge in [-0.1, -0.05) is 13.8 Å². The zero-order valence-electron chi connectivity index (χ0n) is 11.6. The first-order valence-corrected chi connectivity index (χ1v) is 6.09. The molecule has 118 valence electrons. The Morgan fingerprint density at radius 1 is 1.15 bits per heavy atom. The van der Waals surface area contributed by atoms with Crippen LogP contribution >= 0.6 is 0 Å². The number of halogens is 4. The van der Waals surface area contributed by atoms with Gasteiger partial charge in [0, 0.05) is 6.92 Å². The van der Waals surface area contributed by atoms with Crippen molar-refractivity contribution >= 4 is 11.9 Å². The molecule has 0 saturated heterocycles. The van der Waals surface area contributed by atoms with Gasteiger partial charge in [-0.3, -0.25) is 9.59 Å². The fraction of sp³-hybridized carbons (Fsp3) is 0.833. The van der Waals surface area contributed by atoms with Crippen molar-refractivity contribution in [2.24, 2.45) is 5.92 Å². The summed E-state index contributed by atoms with van der Waals surface area (Å²) in [6.45, 7) is 1.39. The van der Waals surface area contributed by atoms with Crippen molar-refractivity contribution in [3.05, 3.63) is 0 Å². The van der Waals surface area contributed by atoms with Crippen molar-refractivity contribution in [3.8, 4) is 0 Å². The van der Waals surface area contributed by atoms with Gasteiger partial charge in [0.05, 0.1) is 12.3 Å². The van der Waals surface area contributed by atoms with E-state index in [1.807, 2.05) is 0 Å². The molecule has 0 aliphatic carbocycles. The molecule has 8 heteroatoms. The van der Waals surface area contributed by atoms with Crippen LogP contribution in [0.3, 0.4) is 0 Å². The predicted octanol–water partition coefficient (Wildman–Crippen LogP) is 2.80. The number of ether oxygens (including phenoxy) is 2. The van der Waals surface area contributed by atoms with E-state index in [9.17, 15) is 27.2 Å². The van der Waals surface area contributed by atoms with Crippen LogP contribution in [0, 0.1) is 5.92 Å². The number of carbonyl (C=O) groups excluding carboxylic acids is 2. The number of rotatable bonds is 8. The van der Waals surface area contributed by atoms with E-state index in [0.717, 1.165) is 0 Å². The van der Waals surface area contributed by atoms with Gasteiger partial charge in [-0.25, -0.2) is 8.78 Å². The van der Waals surface area contributed by atoms with E-state index < -0.39 is 36.8 Å². The van der Waals surface area contributed by atoms with Gasteiger partial charge in [0.1, 0.15) is 6.61 Å². The minimum Gasteiger partial charge on any atom is -0.465 e. The van der Waals surface area contributed by atoms with Gasteiger partial charge in [0.2, 0.25) is 0 Å². The Balaban J connectivity index is 4.00. The maximum Gasteiger partial charge on any atom is 0.343 e. The summed E-state index contributed by atoms with van der Waals surface area (Å²) in [7, 11) is 0. The molecule has 0 aromatic carbocycles. The summed E-state index contributed by atoms with van der Waals surface area (Å²) < 4.78 is 59.1. The van der Waals surface area contributed by atoms with E-state index in [-0.39, 0.29) is 19.4 Å². The molecule has 0 aromatic rings. The van der Waals surface area contributed by atoms with Crippen molar-refractivity contribution in [1.29, 1.82) is 0 Å². The van der Waals surface area contributed by atoms with Gasteiger partial charge >= 0.3 is 23.8 Å². The molecule has 0 aromatic heterocycles. The number of hydrogen-bond donors (Lipinski definition) is 0. The number of carbonyl (C=O) groups is 2. The molecule has 0 radical (unpaired) electrons. The lowest BCUT2D eigenvalue weighted by atomic mass is 10.1. The van der Waals surface area contributed by atoms with E-state index in [1.165, 1.54) is 0 Å². The molecule has 0 spiro atoms. The van der Waals surface area contributed by atoms with Crippen molar-refractivity contribution in [2.75, 3.05) is 13.2 Å². The summed E-state index contributed by atoms with van der Waals surface area (Å²) in [6, 6.07) is 0. The van der Waals surface area contributed by atoms with Crippen LogP contribution in [0.5, 0.6) is 0 Å². The zero-order valence-corrected chi connectivity index (χ0v) is 11.6. The largest absolute Gasteiger partial charge is 0.465 e. The van der Waals surface area contributed by atoms with E-state index >= 15 is 0 Å². The lowest BCUT2D eigenvalue weighted by Gasteiger charge is -2.22. The lowest BCUT2D eigenvalue weighted by Crippen LogP contribution is -2.42. The van der Waals surface area contributed by atoms with Crippen LogP contribution < -0.4 is 0 Å². The lowest BCUT2D eigenvalue weighted by molar-refractivity contribution is -0.222. The molecule has 20 heavy (non-hydrogen) atoms.